The molecular formula is C89H158N12O19S2. The lowest BCUT2D eigenvalue weighted by Crippen LogP contribution is -2.64. The average molecular weight is 1760 g/mol. The van der Waals surface area contributed by atoms with Gasteiger partial charge in [0.25, 0.3) is 0 Å². The van der Waals surface area contributed by atoms with E-state index in [-0.39, 0.29) is 86.9 Å². The first-order chi connectivity index (χ1) is 57.3. The standard InChI is InChI=1S/C89H158N12O19S2/c1-27-31-33-34-35-36-37-38-39-40-41-42-43-46-71(102)92-66(88(115)117-30-4)54-122-121-48-44-47-73(104)118-55-119-89(116)120-77(62(17)45-32-28-2)76-81(108)93-65(29-3)83(110)95(20)53-72(103)96(21)67(49-56(5)6)80(107)94-74(60(13)14)86(113)97(22)68(50-57(7)8)79(106)90-63(18)78(105)91-64(19)82(109)98(23)69(51-58(9)10)84(111)99(24)70(52-59(11)12)85(112)100(25)75(61(15)16)87(114)101(76)26/h28,32,56-70,74-77H,27,29-31,33-55H2,1-26H3,(H,90,106)(H,91,105)(H,92,102)(H,93,108)(H,94,107)/b32-28+/t62-,63+,64-,65+,66?,67+,68+,69+,70+,74+,75+,76+,77-/m1/s1. The third kappa shape index (κ3) is 39.6. The zero-order valence-corrected chi connectivity index (χ0v) is 80.6. The Kier molecular flexibility index (Phi) is 54.5. The molecule has 1 fully saturated rings. The largest absolute Gasteiger partial charge is 0.511 e. The highest BCUT2D eigenvalue weighted by Crippen LogP contribution is 2.29. The van der Waals surface area contributed by atoms with Crippen LogP contribution in [-0.2, 0) is 86.1 Å². The van der Waals surface area contributed by atoms with Gasteiger partial charge in [-0.25, -0.2) is 9.59 Å². The Bertz CT molecular complexity index is 3330. The molecule has 0 aromatic carbocycles. The van der Waals surface area contributed by atoms with E-state index in [9.17, 15) is 52.7 Å². The molecule has 1 unspecified atom stereocenters. The molecule has 0 aromatic heterocycles. The third-order valence-electron chi connectivity index (χ3n) is 22.0. The molecule has 0 aromatic rings. The van der Waals surface area contributed by atoms with Crippen LogP contribution in [0.3, 0.4) is 0 Å². The summed E-state index contributed by atoms with van der Waals surface area (Å²) in [6, 6.07) is -14.3. The minimum Gasteiger partial charge on any atom is -0.464 e. The number of hydrogen-bond acceptors (Lipinski definition) is 21. The van der Waals surface area contributed by atoms with Crippen LogP contribution < -0.4 is 26.6 Å². The van der Waals surface area contributed by atoms with Crippen LogP contribution in [0.1, 0.15) is 273 Å². The maximum atomic E-state index is 15.9. The molecule has 700 valence electrons. The summed E-state index contributed by atoms with van der Waals surface area (Å²) in [5.41, 5.74) is 0. The summed E-state index contributed by atoms with van der Waals surface area (Å²) in [7, 11) is 12.3. The lowest BCUT2D eigenvalue weighted by Gasteiger charge is -2.42. The molecule has 1 aliphatic rings. The van der Waals surface area contributed by atoms with Gasteiger partial charge in [0, 0.05) is 73.7 Å². The van der Waals surface area contributed by atoms with Crippen molar-refractivity contribution in [2.24, 2.45) is 41.4 Å². The van der Waals surface area contributed by atoms with E-state index in [1.54, 1.807) is 67.5 Å². The Hall–Kier alpha value is -7.71. The third-order valence-corrected chi connectivity index (χ3v) is 24.5. The number of rotatable bonds is 42. The fourth-order valence-electron chi connectivity index (χ4n) is 14.6. The molecule has 1 aliphatic heterocycles. The highest BCUT2D eigenvalue weighted by atomic mass is 33.1. The van der Waals surface area contributed by atoms with Crippen LogP contribution in [0.25, 0.3) is 0 Å². The van der Waals surface area contributed by atoms with Gasteiger partial charge >= 0.3 is 18.1 Å². The summed E-state index contributed by atoms with van der Waals surface area (Å²) in [4.78, 5) is 226. The van der Waals surface area contributed by atoms with Crippen molar-refractivity contribution in [3.05, 3.63) is 12.2 Å². The first kappa shape index (κ1) is 112. The van der Waals surface area contributed by atoms with E-state index >= 15 is 19.2 Å². The van der Waals surface area contributed by atoms with E-state index < -0.39 is 187 Å². The Morgan fingerprint density at radius 1 is 0.475 bits per heavy atom. The topological polar surface area (TPSA) is 376 Å². The summed E-state index contributed by atoms with van der Waals surface area (Å²) in [6.45, 7) is 31.8. The molecule has 0 saturated carbocycles. The Morgan fingerprint density at radius 2 is 0.951 bits per heavy atom. The van der Waals surface area contributed by atoms with Crippen molar-refractivity contribution >= 4 is 111 Å². The van der Waals surface area contributed by atoms with Crippen molar-refractivity contribution in [3.8, 4) is 0 Å². The van der Waals surface area contributed by atoms with E-state index in [0.29, 0.717) is 25.0 Å². The Morgan fingerprint density at radius 3 is 1.45 bits per heavy atom. The van der Waals surface area contributed by atoms with Crippen molar-refractivity contribution in [1.82, 2.24) is 60.9 Å². The maximum absolute atomic E-state index is 15.9. The normalized spacial score (nSPS) is 22.4. The van der Waals surface area contributed by atoms with Crippen molar-refractivity contribution in [2.75, 3.05) is 80.8 Å². The molecule has 0 aliphatic carbocycles. The number of unbranched alkanes of at least 4 members (excludes halogenated alkanes) is 12. The quantitative estimate of drug-likeness (QED) is 0.00946. The number of esters is 2. The number of hydrogen-bond donors (Lipinski definition) is 5. The second-order valence-corrected chi connectivity index (χ2v) is 37.9. The minimum absolute atomic E-state index is 0.0563. The number of carbonyl (C=O) groups excluding carboxylic acids is 15. The molecule has 1 rings (SSSR count). The van der Waals surface area contributed by atoms with Crippen LogP contribution in [0.5, 0.6) is 0 Å². The molecular weight excluding hydrogens is 1610 g/mol. The van der Waals surface area contributed by atoms with E-state index in [1.165, 1.54) is 167 Å². The zero-order valence-electron chi connectivity index (χ0n) is 78.9. The van der Waals surface area contributed by atoms with Gasteiger partial charge in [-0.05, 0) is 120 Å². The number of amides is 12. The summed E-state index contributed by atoms with van der Waals surface area (Å²) in [5, 5.41) is 13.8. The second-order valence-electron chi connectivity index (χ2n) is 35.3. The lowest BCUT2D eigenvalue weighted by atomic mass is 9.91. The van der Waals surface area contributed by atoms with Crippen LogP contribution >= 0.6 is 21.6 Å². The van der Waals surface area contributed by atoms with E-state index in [4.69, 9.17) is 18.9 Å². The van der Waals surface area contributed by atoms with Gasteiger partial charge in [0.15, 0.2) is 0 Å². The average Bonchev–Trinajstić information content (AvgIpc) is 0.790. The maximum Gasteiger partial charge on any atom is 0.511 e. The fraction of sp³-hybridized carbons (Fsp3) is 0.809. The van der Waals surface area contributed by atoms with Gasteiger partial charge in [0.1, 0.15) is 72.6 Å². The molecule has 0 spiro atoms. The van der Waals surface area contributed by atoms with Gasteiger partial charge in [-0.15, -0.1) is 0 Å². The molecule has 1 saturated heterocycles. The molecule has 0 radical (unpaired) electrons. The highest BCUT2D eigenvalue weighted by molar-refractivity contribution is 8.76. The predicted octanol–water partition coefficient (Wildman–Crippen LogP) is 10.6. The first-order valence-corrected chi connectivity index (χ1v) is 47.1. The van der Waals surface area contributed by atoms with Crippen LogP contribution in [0.15, 0.2) is 12.2 Å². The van der Waals surface area contributed by atoms with Crippen LogP contribution in [0.4, 0.5) is 4.79 Å². The van der Waals surface area contributed by atoms with E-state index in [1.807, 2.05) is 55.4 Å². The minimum atomic E-state index is -1.86. The Balaban J connectivity index is 4.03. The van der Waals surface area contributed by atoms with Gasteiger partial charge < -0.3 is 79.8 Å². The molecule has 31 nitrogen and oxygen atoms in total. The summed E-state index contributed by atoms with van der Waals surface area (Å²) < 4.78 is 22.1. The van der Waals surface area contributed by atoms with Crippen molar-refractivity contribution in [1.29, 1.82) is 0 Å². The molecule has 5 N–H and O–H groups in total. The van der Waals surface area contributed by atoms with Gasteiger partial charge in [-0.3, -0.25) is 62.3 Å². The molecule has 33 heteroatoms. The van der Waals surface area contributed by atoms with Crippen molar-refractivity contribution < 1.29 is 90.9 Å². The van der Waals surface area contributed by atoms with Crippen molar-refractivity contribution in [2.45, 2.75) is 345 Å². The molecule has 122 heavy (non-hydrogen) atoms. The van der Waals surface area contributed by atoms with E-state index in [0.717, 1.165) is 29.1 Å². The molecule has 1 heterocycles. The monoisotopic (exact) mass is 1760 g/mol. The van der Waals surface area contributed by atoms with Crippen LogP contribution in [0, 0.1) is 41.4 Å². The van der Waals surface area contributed by atoms with Gasteiger partial charge in [-0.1, -0.05) is 215 Å². The van der Waals surface area contributed by atoms with Crippen LogP contribution in [0.2, 0.25) is 0 Å². The summed E-state index contributed by atoms with van der Waals surface area (Å²) >= 11 is 0. The highest BCUT2D eigenvalue weighted by Gasteiger charge is 2.48. The number of nitrogens with one attached hydrogen (secondary N) is 5. The number of likely N-dealkylation sites (N-methyl/N-ethyl adjacent to an activating group) is 7. The van der Waals surface area contributed by atoms with Gasteiger partial charge in [0.2, 0.25) is 77.7 Å². The molecule has 13 atom stereocenters. The SMILES string of the molecule is C/C=C/C[C@@H](C)[C@@H](OC(=O)OCOC(=O)CCCSSCC(NC(=O)CCCCCCCCCCCCCCC)C(=O)OCC)[C@H]1C(=O)N[C@@H](CC)C(=O)N(C)CC(=O)N(C)[C@@H](CC(C)C)C(=O)N[C@@H](C(C)C)C(=O)N(C)[C@@H](CC(C)C)C(=O)N[C@@H](C)C(=O)N[C@H](C)C(=O)N(C)[C@@H](CC(C)C)C(=O)N(C)[C@@H](CC(C)C)C(=O)N(C)[C@@H](C(C)C)C(=O)N1C. The summed E-state index contributed by atoms with van der Waals surface area (Å²) in [6.07, 6.45) is 16.5. The number of allylic oxidation sites excluding steroid dienone is 2. The van der Waals surface area contributed by atoms with Crippen molar-refractivity contribution in [3.63, 3.8) is 0 Å². The fourth-order valence-corrected chi connectivity index (χ4v) is 16.9. The van der Waals surface area contributed by atoms with E-state index in [2.05, 4.69) is 33.5 Å². The summed E-state index contributed by atoms with van der Waals surface area (Å²) in [5.74, 6) is -12.2. The number of carbonyl (C=O) groups is 15. The second kappa shape index (κ2) is 59.2. The number of nitrogens with zero attached hydrogens (tertiary/aromatic N) is 7. The zero-order chi connectivity index (χ0) is 93.0. The predicted molar refractivity (Wildman–Crippen MR) is 478 cm³/mol. The van der Waals surface area contributed by atoms with Crippen LogP contribution in [-0.4, -0.2) is 277 Å². The number of ether oxygens (including phenoxy) is 4. The van der Waals surface area contributed by atoms with Gasteiger partial charge in [-0.2, -0.15) is 0 Å². The smallest absolute Gasteiger partial charge is 0.464 e. The molecule has 0 bridgehead atoms. The van der Waals surface area contributed by atoms with Gasteiger partial charge in [0.05, 0.1) is 13.2 Å². The Labute approximate surface area is 738 Å². The first-order valence-electron chi connectivity index (χ1n) is 44.6. The lowest BCUT2D eigenvalue weighted by molar-refractivity contribution is -0.159. The molecule has 12 amide bonds.